The number of anilines is 1. The molecular formula is C18H23N3O4. The fourth-order valence-electron chi connectivity index (χ4n) is 2.02. The quantitative estimate of drug-likeness (QED) is 0.444. The lowest BCUT2D eigenvalue weighted by Gasteiger charge is -2.13. The van der Waals surface area contributed by atoms with E-state index in [4.69, 9.17) is 4.74 Å². The van der Waals surface area contributed by atoms with Crippen LogP contribution in [0.25, 0.3) is 0 Å². The topological polar surface area (TPSA) is 103 Å². The molecule has 2 aromatic rings. The maximum Gasteiger partial charge on any atom is 0.319 e. The number of phenolic OH excluding ortho intramolecular Hbond substituents is 1. The van der Waals surface area contributed by atoms with Gasteiger partial charge in [-0.1, -0.05) is 18.2 Å². The van der Waals surface area contributed by atoms with Crippen molar-refractivity contribution in [3.05, 3.63) is 54.6 Å². The lowest BCUT2D eigenvalue weighted by atomic mass is 10.3. The van der Waals surface area contributed by atoms with Gasteiger partial charge in [0.2, 0.25) is 0 Å². The lowest BCUT2D eigenvalue weighted by molar-refractivity contribution is 0.106. The smallest absolute Gasteiger partial charge is 0.319 e. The molecule has 25 heavy (non-hydrogen) atoms. The van der Waals surface area contributed by atoms with Crippen LogP contribution in [0.15, 0.2) is 54.6 Å². The van der Waals surface area contributed by atoms with Crippen LogP contribution < -0.4 is 20.7 Å². The molecule has 0 heterocycles. The van der Waals surface area contributed by atoms with Crippen LogP contribution >= 0.6 is 0 Å². The van der Waals surface area contributed by atoms with Crippen molar-refractivity contribution in [1.82, 2.24) is 10.6 Å². The first-order valence-electron chi connectivity index (χ1n) is 8.04. The maximum absolute atomic E-state index is 11.7. The van der Waals surface area contributed by atoms with Crippen molar-refractivity contribution in [1.29, 1.82) is 0 Å². The van der Waals surface area contributed by atoms with Gasteiger partial charge in [-0.15, -0.1) is 0 Å². The highest BCUT2D eigenvalue weighted by atomic mass is 16.5. The molecule has 1 unspecified atom stereocenters. The molecule has 7 heteroatoms. The van der Waals surface area contributed by atoms with Gasteiger partial charge in [-0.3, -0.25) is 0 Å². The molecule has 0 radical (unpaired) electrons. The van der Waals surface area contributed by atoms with Crippen LogP contribution in [0.5, 0.6) is 11.5 Å². The summed E-state index contributed by atoms with van der Waals surface area (Å²) in [6.07, 6.45) is -0.674. The monoisotopic (exact) mass is 345 g/mol. The first-order valence-corrected chi connectivity index (χ1v) is 8.04. The van der Waals surface area contributed by atoms with Gasteiger partial charge in [0.25, 0.3) is 0 Å². The van der Waals surface area contributed by atoms with Gasteiger partial charge in [-0.05, 0) is 36.4 Å². The Morgan fingerprint density at radius 1 is 1.04 bits per heavy atom. The molecule has 0 bridgehead atoms. The summed E-state index contributed by atoms with van der Waals surface area (Å²) in [5, 5.41) is 27.5. The maximum atomic E-state index is 11.7. The number of aliphatic hydroxyl groups excluding tert-OH is 1. The zero-order chi connectivity index (χ0) is 17.9. The Kier molecular flexibility index (Phi) is 7.55. The zero-order valence-corrected chi connectivity index (χ0v) is 13.8. The predicted octanol–water partition coefficient (Wildman–Crippen LogP) is 1.54. The van der Waals surface area contributed by atoms with E-state index in [1.165, 1.54) is 12.1 Å². The number of carbonyl (C=O) groups excluding carboxylic acids is 1. The van der Waals surface area contributed by atoms with Crippen LogP contribution in [0, 0.1) is 0 Å². The van der Waals surface area contributed by atoms with Crippen molar-refractivity contribution in [2.75, 3.05) is 31.6 Å². The van der Waals surface area contributed by atoms with Crippen molar-refractivity contribution in [2.24, 2.45) is 0 Å². The van der Waals surface area contributed by atoms with E-state index < -0.39 is 6.10 Å². The Morgan fingerprint density at radius 3 is 2.48 bits per heavy atom. The van der Waals surface area contributed by atoms with Crippen LogP contribution in [0.4, 0.5) is 10.5 Å². The zero-order valence-electron chi connectivity index (χ0n) is 13.8. The Morgan fingerprint density at radius 2 is 1.76 bits per heavy atom. The van der Waals surface area contributed by atoms with Crippen LogP contribution in [-0.4, -0.2) is 48.6 Å². The number of aliphatic hydroxyl groups is 1. The molecule has 0 saturated heterocycles. The van der Waals surface area contributed by atoms with Crippen molar-refractivity contribution < 1.29 is 19.7 Å². The number of benzene rings is 2. The Balaban J connectivity index is 1.52. The summed E-state index contributed by atoms with van der Waals surface area (Å²) in [5.41, 5.74) is 0.731. The average Bonchev–Trinajstić information content (AvgIpc) is 2.62. The molecule has 7 nitrogen and oxygen atoms in total. The molecule has 2 aromatic carbocycles. The number of para-hydroxylation sites is 1. The molecule has 0 saturated carbocycles. The number of rotatable bonds is 9. The number of carbonyl (C=O) groups is 1. The minimum atomic E-state index is -0.674. The first kappa shape index (κ1) is 18.6. The second-order valence-electron chi connectivity index (χ2n) is 5.41. The minimum absolute atomic E-state index is 0.139. The number of nitrogens with one attached hydrogen (secondary N) is 3. The SMILES string of the molecule is O=C(NCCNCC(O)COc1ccc(O)cc1)Nc1ccccc1. The summed E-state index contributed by atoms with van der Waals surface area (Å²) >= 11 is 0. The number of hydrogen-bond donors (Lipinski definition) is 5. The molecular weight excluding hydrogens is 322 g/mol. The molecule has 2 rings (SSSR count). The fourth-order valence-corrected chi connectivity index (χ4v) is 2.02. The van der Waals surface area contributed by atoms with E-state index in [1.807, 2.05) is 30.3 Å². The number of amides is 2. The number of urea groups is 1. The van der Waals surface area contributed by atoms with E-state index >= 15 is 0 Å². The first-order chi connectivity index (χ1) is 12.1. The van der Waals surface area contributed by atoms with E-state index in [2.05, 4.69) is 16.0 Å². The Bertz CT molecular complexity index is 635. The van der Waals surface area contributed by atoms with E-state index in [0.717, 1.165) is 5.69 Å². The molecule has 0 spiro atoms. The van der Waals surface area contributed by atoms with Crippen LogP contribution in [0.1, 0.15) is 0 Å². The standard InChI is InChI=1S/C18H23N3O4/c22-15-6-8-17(9-7-15)25-13-16(23)12-19-10-11-20-18(24)21-14-4-2-1-3-5-14/h1-9,16,19,22-23H,10-13H2,(H2,20,21,24). The molecule has 0 aliphatic rings. The molecule has 2 amide bonds. The van der Waals surface area contributed by atoms with Gasteiger partial charge < -0.3 is 30.9 Å². The highest BCUT2D eigenvalue weighted by molar-refractivity contribution is 5.89. The molecule has 134 valence electrons. The summed E-state index contributed by atoms with van der Waals surface area (Å²) in [7, 11) is 0. The molecule has 1 atom stereocenters. The highest BCUT2D eigenvalue weighted by Gasteiger charge is 2.05. The van der Waals surface area contributed by atoms with Crippen LogP contribution in [-0.2, 0) is 0 Å². The normalized spacial score (nSPS) is 11.6. The average molecular weight is 345 g/mol. The molecule has 0 fully saturated rings. The second-order valence-corrected chi connectivity index (χ2v) is 5.41. The molecule has 5 N–H and O–H groups in total. The van der Waals surface area contributed by atoms with Crippen LogP contribution in [0.3, 0.4) is 0 Å². The third-order valence-electron chi connectivity index (χ3n) is 3.28. The fraction of sp³-hybridized carbons (Fsp3) is 0.278. The van der Waals surface area contributed by atoms with Gasteiger partial charge in [0.1, 0.15) is 24.2 Å². The predicted molar refractivity (Wildman–Crippen MR) is 95.9 cm³/mol. The Hall–Kier alpha value is -2.77. The van der Waals surface area contributed by atoms with Gasteiger partial charge in [0.15, 0.2) is 0 Å². The van der Waals surface area contributed by atoms with Gasteiger partial charge in [0, 0.05) is 25.3 Å². The summed E-state index contributed by atoms with van der Waals surface area (Å²) in [5.74, 6) is 0.745. The minimum Gasteiger partial charge on any atom is -0.508 e. The number of ether oxygens (including phenoxy) is 1. The lowest BCUT2D eigenvalue weighted by Crippen LogP contribution is -2.38. The van der Waals surface area contributed by atoms with Crippen molar-refractivity contribution in [3.63, 3.8) is 0 Å². The number of phenols is 1. The summed E-state index contributed by atoms with van der Waals surface area (Å²) in [4.78, 5) is 11.7. The van der Waals surface area contributed by atoms with Crippen molar-refractivity contribution >= 4 is 11.7 Å². The Labute approximate surface area is 146 Å². The van der Waals surface area contributed by atoms with Crippen molar-refractivity contribution in [2.45, 2.75) is 6.10 Å². The van der Waals surface area contributed by atoms with Crippen LogP contribution in [0.2, 0.25) is 0 Å². The molecule has 0 aliphatic carbocycles. The third-order valence-corrected chi connectivity index (χ3v) is 3.28. The van der Waals surface area contributed by atoms with Gasteiger partial charge in [0.05, 0.1) is 0 Å². The highest BCUT2D eigenvalue weighted by Crippen LogP contribution is 2.15. The largest absolute Gasteiger partial charge is 0.508 e. The van der Waals surface area contributed by atoms with Gasteiger partial charge >= 0.3 is 6.03 Å². The third kappa shape index (κ3) is 7.56. The summed E-state index contributed by atoms with van der Waals surface area (Å²) in [6.45, 7) is 1.45. The second kappa shape index (κ2) is 10.2. The van der Waals surface area contributed by atoms with E-state index in [9.17, 15) is 15.0 Å². The van der Waals surface area contributed by atoms with Gasteiger partial charge in [-0.25, -0.2) is 4.79 Å². The molecule has 0 aromatic heterocycles. The number of hydrogen-bond acceptors (Lipinski definition) is 5. The van der Waals surface area contributed by atoms with E-state index in [1.54, 1.807) is 12.1 Å². The number of aromatic hydroxyl groups is 1. The molecule has 0 aliphatic heterocycles. The van der Waals surface area contributed by atoms with E-state index in [-0.39, 0.29) is 18.4 Å². The van der Waals surface area contributed by atoms with Crippen molar-refractivity contribution in [3.8, 4) is 11.5 Å². The van der Waals surface area contributed by atoms with Gasteiger partial charge in [-0.2, -0.15) is 0 Å². The summed E-state index contributed by atoms with van der Waals surface area (Å²) < 4.78 is 5.40. The summed E-state index contributed by atoms with van der Waals surface area (Å²) in [6, 6.07) is 15.2. The van der Waals surface area contributed by atoms with E-state index in [0.29, 0.717) is 25.4 Å².